The van der Waals surface area contributed by atoms with Gasteiger partial charge in [-0.15, -0.1) is 0 Å². The molecule has 0 radical (unpaired) electrons. The van der Waals surface area contributed by atoms with Crippen molar-refractivity contribution in [1.82, 2.24) is 15.6 Å². The zero-order valence-corrected chi connectivity index (χ0v) is 9.53. The molecular weight excluding hydrogens is 206 g/mol. The van der Waals surface area contributed by atoms with Crippen LogP contribution in [0.25, 0.3) is 0 Å². The molecule has 0 spiro atoms. The van der Waals surface area contributed by atoms with E-state index in [2.05, 4.69) is 15.6 Å². The SMILES string of the molecule is Cc1cccc(CNC(=O)NC(C)CO)n1. The lowest BCUT2D eigenvalue weighted by Crippen LogP contribution is -2.42. The second kappa shape index (κ2) is 6.07. The summed E-state index contributed by atoms with van der Waals surface area (Å²) in [4.78, 5) is 15.6. The van der Waals surface area contributed by atoms with Crippen molar-refractivity contribution in [1.29, 1.82) is 0 Å². The van der Waals surface area contributed by atoms with Gasteiger partial charge in [0, 0.05) is 5.69 Å². The molecule has 1 unspecified atom stereocenters. The fraction of sp³-hybridized carbons (Fsp3) is 0.455. The number of aliphatic hydroxyl groups is 1. The minimum Gasteiger partial charge on any atom is -0.394 e. The number of nitrogens with zero attached hydrogens (tertiary/aromatic N) is 1. The Morgan fingerprint density at radius 2 is 2.31 bits per heavy atom. The predicted molar refractivity (Wildman–Crippen MR) is 60.9 cm³/mol. The number of hydrogen-bond donors (Lipinski definition) is 3. The summed E-state index contributed by atoms with van der Waals surface area (Å²) in [7, 11) is 0. The van der Waals surface area contributed by atoms with Gasteiger partial charge in [-0.05, 0) is 26.0 Å². The summed E-state index contributed by atoms with van der Waals surface area (Å²) >= 11 is 0. The average Bonchev–Trinajstić information content (AvgIpc) is 2.26. The van der Waals surface area contributed by atoms with Crippen LogP contribution in [0.3, 0.4) is 0 Å². The first-order valence-corrected chi connectivity index (χ1v) is 5.19. The lowest BCUT2D eigenvalue weighted by Gasteiger charge is -2.11. The van der Waals surface area contributed by atoms with E-state index in [0.29, 0.717) is 6.54 Å². The molecule has 0 aliphatic heterocycles. The molecule has 5 heteroatoms. The molecule has 0 saturated carbocycles. The zero-order chi connectivity index (χ0) is 12.0. The smallest absolute Gasteiger partial charge is 0.315 e. The van der Waals surface area contributed by atoms with E-state index in [-0.39, 0.29) is 18.7 Å². The van der Waals surface area contributed by atoms with Gasteiger partial charge in [-0.1, -0.05) is 6.07 Å². The van der Waals surface area contributed by atoms with Crippen LogP contribution < -0.4 is 10.6 Å². The Morgan fingerprint density at radius 1 is 1.56 bits per heavy atom. The maximum Gasteiger partial charge on any atom is 0.315 e. The third kappa shape index (κ3) is 4.27. The van der Waals surface area contributed by atoms with E-state index in [1.54, 1.807) is 6.92 Å². The average molecular weight is 223 g/mol. The standard InChI is InChI=1S/C11H17N3O2/c1-8-4-3-5-10(13-8)6-12-11(16)14-9(2)7-15/h3-5,9,15H,6-7H2,1-2H3,(H2,12,14,16). The van der Waals surface area contributed by atoms with Crippen molar-refractivity contribution in [2.45, 2.75) is 26.4 Å². The van der Waals surface area contributed by atoms with Gasteiger partial charge in [0.1, 0.15) is 0 Å². The van der Waals surface area contributed by atoms with Crippen LogP contribution in [0.5, 0.6) is 0 Å². The fourth-order valence-corrected chi connectivity index (χ4v) is 1.19. The Balaban J connectivity index is 2.37. The topological polar surface area (TPSA) is 74.2 Å². The Labute approximate surface area is 94.9 Å². The number of hydrogen-bond acceptors (Lipinski definition) is 3. The van der Waals surface area contributed by atoms with Crippen LogP contribution >= 0.6 is 0 Å². The van der Waals surface area contributed by atoms with Crippen LogP contribution in [0.2, 0.25) is 0 Å². The number of rotatable bonds is 4. The third-order valence-corrected chi connectivity index (χ3v) is 2.03. The van der Waals surface area contributed by atoms with Crippen molar-refractivity contribution < 1.29 is 9.90 Å². The summed E-state index contributed by atoms with van der Waals surface area (Å²) in [6.07, 6.45) is 0. The largest absolute Gasteiger partial charge is 0.394 e. The van der Waals surface area contributed by atoms with E-state index in [1.165, 1.54) is 0 Å². The number of amides is 2. The van der Waals surface area contributed by atoms with E-state index in [4.69, 9.17) is 5.11 Å². The van der Waals surface area contributed by atoms with E-state index in [1.807, 2.05) is 25.1 Å². The van der Waals surface area contributed by atoms with Crippen molar-refractivity contribution >= 4 is 6.03 Å². The van der Waals surface area contributed by atoms with Gasteiger partial charge >= 0.3 is 6.03 Å². The van der Waals surface area contributed by atoms with Crippen LogP contribution in [0.4, 0.5) is 4.79 Å². The number of pyridine rings is 1. The molecule has 1 aromatic heterocycles. The first-order chi connectivity index (χ1) is 7.61. The quantitative estimate of drug-likeness (QED) is 0.698. The highest BCUT2D eigenvalue weighted by Gasteiger charge is 2.05. The number of aryl methyl sites for hydroxylation is 1. The van der Waals surface area contributed by atoms with Crippen molar-refractivity contribution in [3.63, 3.8) is 0 Å². The summed E-state index contributed by atoms with van der Waals surface area (Å²) in [6, 6.07) is 5.10. The molecule has 16 heavy (non-hydrogen) atoms. The van der Waals surface area contributed by atoms with Crippen molar-refractivity contribution in [2.24, 2.45) is 0 Å². The highest BCUT2D eigenvalue weighted by Crippen LogP contribution is 1.97. The molecular formula is C11H17N3O2. The molecule has 1 atom stereocenters. The molecule has 0 aromatic carbocycles. The molecule has 1 heterocycles. The Hall–Kier alpha value is -1.62. The van der Waals surface area contributed by atoms with Crippen LogP contribution in [-0.2, 0) is 6.54 Å². The second-order valence-electron chi connectivity index (χ2n) is 3.68. The van der Waals surface area contributed by atoms with Crippen molar-refractivity contribution in [3.05, 3.63) is 29.6 Å². The molecule has 1 rings (SSSR count). The second-order valence-corrected chi connectivity index (χ2v) is 3.68. The highest BCUT2D eigenvalue weighted by molar-refractivity contribution is 5.74. The van der Waals surface area contributed by atoms with Gasteiger partial charge in [-0.25, -0.2) is 4.79 Å². The minimum absolute atomic E-state index is 0.0733. The molecule has 88 valence electrons. The first-order valence-electron chi connectivity index (χ1n) is 5.19. The predicted octanol–water partition coefficient (Wildman–Crippen LogP) is 0.570. The van der Waals surface area contributed by atoms with Gasteiger partial charge in [0.05, 0.1) is 24.9 Å². The molecule has 0 aliphatic rings. The number of aliphatic hydroxyl groups excluding tert-OH is 1. The highest BCUT2D eigenvalue weighted by atomic mass is 16.3. The van der Waals surface area contributed by atoms with E-state index < -0.39 is 0 Å². The number of nitrogens with one attached hydrogen (secondary N) is 2. The summed E-state index contributed by atoms with van der Waals surface area (Å²) < 4.78 is 0. The maximum atomic E-state index is 11.3. The van der Waals surface area contributed by atoms with Crippen LogP contribution in [0, 0.1) is 6.92 Å². The number of aromatic nitrogens is 1. The summed E-state index contributed by atoms with van der Waals surface area (Å²) in [5.41, 5.74) is 1.73. The van der Waals surface area contributed by atoms with Gasteiger partial charge in [0.15, 0.2) is 0 Å². The fourth-order valence-electron chi connectivity index (χ4n) is 1.19. The van der Waals surface area contributed by atoms with Crippen LogP contribution in [0.1, 0.15) is 18.3 Å². The normalized spacial score (nSPS) is 11.9. The monoisotopic (exact) mass is 223 g/mol. The Morgan fingerprint density at radius 3 is 2.94 bits per heavy atom. The van der Waals surface area contributed by atoms with Gasteiger partial charge in [0.25, 0.3) is 0 Å². The van der Waals surface area contributed by atoms with E-state index in [9.17, 15) is 4.79 Å². The van der Waals surface area contributed by atoms with E-state index in [0.717, 1.165) is 11.4 Å². The molecule has 5 nitrogen and oxygen atoms in total. The molecule has 3 N–H and O–H groups in total. The zero-order valence-electron chi connectivity index (χ0n) is 9.53. The van der Waals surface area contributed by atoms with Crippen LogP contribution in [-0.4, -0.2) is 28.8 Å². The number of carbonyl (C=O) groups is 1. The van der Waals surface area contributed by atoms with Crippen LogP contribution in [0.15, 0.2) is 18.2 Å². The maximum absolute atomic E-state index is 11.3. The van der Waals surface area contributed by atoms with Crippen molar-refractivity contribution in [2.75, 3.05) is 6.61 Å². The van der Waals surface area contributed by atoms with Crippen molar-refractivity contribution in [3.8, 4) is 0 Å². The molecule has 0 aliphatic carbocycles. The molecule has 1 aromatic rings. The summed E-state index contributed by atoms with van der Waals surface area (Å²) in [5, 5.41) is 14.0. The molecule has 0 saturated heterocycles. The third-order valence-electron chi connectivity index (χ3n) is 2.03. The van der Waals surface area contributed by atoms with Gasteiger partial charge in [0.2, 0.25) is 0 Å². The minimum atomic E-state index is -0.301. The molecule has 2 amide bonds. The number of urea groups is 1. The molecule has 0 bridgehead atoms. The van der Waals surface area contributed by atoms with Gasteiger partial charge in [-0.3, -0.25) is 4.98 Å². The summed E-state index contributed by atoms with van der Waals surface area (Å²) in [5.74, 6) is 0. The lowest BCUT2D eigenvalue weighted by molar-refractivity contribution is 0.220. The Bertz CT molecular complexity index is 355. The van der Waals surface area contributed by atoms with Gasteiger partial charge in [-0.2, -0.15) is 0 Å². The van der Waals surface area contributed by atoms with Gasteiger partial charge < -0.3 is 15.7 Å². The summed E-state index contributed by atoms with van der Waals surface area (Å²) in [6.45, 7) is 3.93. The lowest BCUT2D eigenvalue weighted by atomic mass is 10.3. The number of carbonyl (C=O) groups excluding carboxylic acids is 1. The first kappa shape index (κ1) is 12.4. The Kier molecular flexibility index (Phi) is 4.72. The van der Waals surface area contributed by atoms with E-state index >= 15 is 0 Å². The molecule has 0 fully saturated rings.